The maximum atomic E-state index is 11.7. The van der Waals surface area contributed by atoms with Crippen LogP contribution in [-0.4, -0.2) is 22.4 Å². The molecule has 0 aliphatic carbocycles. The zero-order valence-corrected chi connectivity index (χ0v) is 12.2. The quantitative estimate of drug-likeness (QED) is 0.737. The van der Waals surface area contributed by atoms with E-state index < -0.39 is 17.4 Å². The van der Waals surface area contributed by atoms with Crippen LogP contribution in [0.25, 0.3) is 0 Å². The molecular formula is C15H20N4O2. The Morgan fingerprint density at radius 3 is 2.38 bits per heavy atom. The predicted octanol–water partition coefficient (Wildman–Crippen LogP) is 0.571. The molecule has 1 unspecified atom stereocenters. The van der Waals surface area contributed by atoms with E-state index in [1.807, 2.05) is 37.3 Å². The third-order valence-electron chi connectivity index (χ3n) is 3.68. The van der Waals surface area contributed by atoms with E-state index in [0.29, 0.717) is 0 Å². The van der Waals surface area contributed by atoms with Crippen LogP contribution in [-0.2, 0) is 9.59 Å². The lowest BCUT2D eigenvalue weighted by Crippen LogP contribution is -2.54. The van der Waals surface area contributed by atoms with Crippen LogP contribution >= 0.6 is 0 Å². The summed E-state index contributed by atoms with van der Waals surface area (Å²) < 4.78 is 0. The number of primary amides is 2. The Balaban J connectivity index is 2.40. The predicted molar refractivity (Wildman–Crippen MR) is 79.3 cm³/mol. The van der Waals surface area contributed by atoms with Crippen LogP contribution in [0.4, 0.5) is 0 Å². The molecule has 5 N–H and O–H groups in total. The Kier molecular flexibility index (Phi) is 3.99. The third kappa shape index (κ3) is 2.75. The molecule has 0 saturated carbocycles. The van der Waals surface area contributed by atoms with Crippen molar-refractivity contribution in [3.63, 3.8) is 0 Å². The van der Waals surface area contributed by atoms with Crippen LogP contribution in [0.15, 0.2) is 42.1 Å². The second-order valence-electron chi connectivity index (χ2n) is 5.28. The van der Waals surface area contributed by atoms with Crippen molar-refractivity contribution in [2.45, 2.75) is 31.8 Å². The number of amides is 2. The fraction of sp³-hybridized carbons (Fsp3) is 0.333. The molecule has 2 amide bonds. The van der Waals surface area contributed by atoms with Gasteiger partial charge in [-0.25, -0.2) is 5.43 Å². The minimum atomic E-state index is -1.12. The number of carbonyl (C=O) groups is 2. The summed E-state index contributed by atoms with van der Waals surface area (Å²) in [6.07, 6.45) is 2.22. The molecule has 0 bridgehead atoms. The van der Waals surface area contributed by atoms with Crippen LogP contribution in [0.1, 0.15) is 31.9 Å². The van der Waals surface area contributed by atoms with E-state index in [0.717, 1.165) is 12.0 Å². The lowest BCUT2D eigenvalue weighted by Gasteiger charge is -2.33. The lowest BCUT2D eigenvalue weighted by molar-refractivity contribution is -0.124. The molecule has 1 aliphatic rings. The molecule has 6 nitrogen and oxygen atoms in total. The number of hydrazine groups is 1. The standard InChI is InChI=1S/C15H20N4O2/c1-3-11(10-7-5-4-6-8-10)19-12(13(16)20)9-15(2,18-19)14(17)21/h4-9,11,18H,3H2,1-2H3,(H2,16,20)(H2,17,21)/t11-,15?/m0/s1. The highest BCUT2D eigenvalue weighted by molar-refractivity contribution is 5.96. The highest BCUT2D eigenvalue weighted by Crippen LogP contribution is 2.32. The van der Waals surface area contributed by atoms with Crippen molar-refractivity contribution in [1.29, 1.82) is 0 Å². The molecule has 1 aliphatic heterocycles. The number of nitrogens with two attached hydrogens (primary N) is 2. The van der Waals surface area contributed by atoms with Gasteiger partial charge in [-0.1, -0.05) is 37.3 Å². The zero-order chi connectivity index (χ0) is 15.6. The van der Waals surface area contributed by atoms with E-state index in [-0.39, 0.29) is 11.7 Å². The molecule has 21 heavy (non-hydrogen) atoms. The van der Waals surface area contributed by atoms with E-state index in [1.165, 1.54) is 6.08 Å². The molecule has 0 radical (unpaired) electrons. The number of hydrogen-bond donors (Lipinski definition) is 3. The Labute approximate surface area is 123 Å². The van der Waals surface area contributed by atoms with Crippen LogP contribution in [0.3, 0.4) is 0 Å². The van der Waals surface area contributed by atoms with Gasteiger partial charge in [0.25, 0.3) is 5.91 Å². The van der Waals surface area contributed by atoms with Crippen molar-refractivity contribution >= 4 is 11.8 Å². The van der Waals surface area contributed by atoms with Gasteiger partial charge in [-0.3, -0.25) is 14.6 Å². The Morgan fingerprint density at radius 2 is 1.90 bits per heavy atom. The van der Waals surface area contributed by atoms with E-state index in [2.05, 4.69) is 5.43 Å². The van der Waals surface area contributed by atoms with Crippen molar-refractivity contribution < 1.29 is 9.59 Å². The number of nitrogens with zero attached hydrogens (tertiary/aromatic N) is 1. The van der Waals surface area contributed by atoms with Crippen molar-refractivity contribution in [2.75, 3.05) is 0 Å². The zero-order valence-electron chi connectivity index (χ0n) is 12.2. The smallest absolute Gasteiger partial charge is 0.266 e. The summed E-state index contributed by atoms with van der Waals surface area (Å²) in [5.41, 5.74) is 14.0. The van der Waals surface area contributed by atoms with Gasteiger partial charge in [0.15, 0.2) is 0 Å². The summed E-state index contributed by atoms with van der Waals surface area (Å²) in [7, 11) is 0. The Morgan fingerprint density at radius 1 is 1.29 bits per heavy atom. The molecule has 2 rings (SSSR count). The highest BCUT2D eigenvalue weighted by Gasteiger charge is 2.42. The summed E-state index contributed by atoms with van der Waals surface area (Å²) in [4.78, 5) is 23.3. The van der Waals surface area contributed by atoms with E-state index in [4.69, 9.17) is 11.5 Å². The summed E-state index contributed by atoms with van der Waals surface area (Å²) in [5, 5.41) is 1.64. The monoisotopic (exact) mass is 288 g/mol. The van der Waals surface area contributed by atoms with Gasteiger partial charge < -0.3 is 11.5 Å². The fourth-order valence-electron chi connectivity index (χ4n) is 2.49. The van der Waals surface area contributed by atoms with Gasteiger partial charge >= 0.3 is 0 Å². The van der Waals surface area contributed by atoms with Crippen LogP contribution < -0.4 is 16.9 Å². The van der Waals surface area contributed by atoms with E-state index in [1.54, 1.807) is 11.9 Å². The molecule has 0 saturated heterocycles. The Bertz CT molecular complexity index is 585. The maximum absolute atomic E-state index is 11.7. The first-order valence-electron chi connectivity index (χ1n) is 6.83. The van der Waals surface area contributed by atoms with Crippen molar-refractivity contribution in [2.24, 2.45) is 11.5 Å². The van der Waals surface area contributed by atoms with E-state index in [9.17, 15) is 9.59 Å². The highest BCUT2D eigenvalue weighted by atomic mass is 16.2. The first-order chi connectivity index (χ1) is 9.89. The average Bonchev–Trinajstić information content (AvgIpc) is 2.81. The summed E-state index contributed by atoms with van der Waals surface area (Å²) in [6.45, 7) is 3.62. The van der Waals surface area contributed by atoms with Crippen molar-refractivity contribution in [1.82, 2.24) is 10.4 Å². The number of rotatable bonds is 5. The lowest BCUT2D eigenvalue weighted by atomic mass is 10.0. The normalized spacial score (nSPS) is 22.8. The molecule has 0 fully saturated rings. The molecule has 1 heterocycles. The molecule has 112 valence electrons. The molecule has 6 heteroatoms. The molecule has 1 aromatic carbocycles. The molecular weight excluding hydrogens is 268 g/mol. The van der Waals surface area contributed by atoms with Crippen LogP contribution in [0, 0.1) is 0 Å². The largest absolute Gasteiger partial charge is 0.368 e. The van der Waals surface area contributed by atoms with Gasteiger partial charge in [0.1, 0.15) is 11.2 Å². The van der Waals surface area contributed by atoms with Gasteiger partial charge in [-0.2, -0.15) is 0 Å². The first kappa shape index (κ1) is 15.1. The van der Waals surface area contributed by atoms with Crippen molar-refractivity contribution in [3.8, 4) is 0 Å². The third-order valence-corrected chi connectivity index (χ3v) is 3.68. The SMILES string of the molecule is CC[C@@H](c1ccccc1)N1NC(C)(C(N)=O)C=C1C(N)=O. The first-order valence-corrected chi connectivity index (χ1v) is 6.83. The van der Waals surface area contributed by atoms with Crippen LogP contribution in [0.2, 0.25) is 0 Å². The fourth-order valence-corrected chi connectivity index (χ4v) is 2.49. The molecule has 0 spiro atoms. The van der Waals surface area contributed by atoms with Gasteiger partial charge in [0, 0.05) is 0 Å². The summed E-state index contributed by atoms with van der Waals surface area (Å²) in [5.74, 6) is -1.16. The summed E-state index contributed by atoms with van der Waals surface area (Å²) in [6, 6.07) is 9.59. The number of hydrogen-bond acceptors (Lipinski definition) is 4. The summed E-state index contributed by atoms with van der Waals surface area (Å²) >= 11 is 0. The van der Waals surface area contributed by atoms with Gasteiger partial charge in [0.2, 0.25) is 5.91 Å². The average molecular weight is 288 g/mol. The minimum absolute atomic E-state index is 0.119. The minimum Gasteiger partial charge on any atom is -0.368 e. The number of nitrogens with one attached hydrogen (secondary N) is 1. The molecule has 1 aromatic rings. The van der Waals surface area contributed by atoms with E-state index >= 15 is 0 Å². The van der Waals surface area contributed by atoms with Crippen molar-refractivity contribution in [3.05, 3.63) is 47.7 Å². The molecule has 0 aromatic heterocycles. The second kappa shape index (κ2) is 5.57. The maximum Gasteiger partial charge on any atom is 0.266 e. The Hall–Kier alpha value is -2.34. The van der Waals surface area contributed by atoms with Gasteiger partial charge in [-0.15, -0.1) is 0 Å². The topological polar surface area (TPSA) is 101 Å². The molecule has 2 atom stereocenters. The second-order valence-corrected chi connectivity index (χ2v) is 5.28. The van der Waals surface area contributed by atoms with Gasteiger partial charge in [-0.05, 0) is 25.0 Å². The van der Waals surface area contributed by atoms with Gasteiger partial charge in [0.05, 0.1) is 6.04 Å². The van der Waals surface area contributed by atoms with Crippen LogP contribution in [0.5, 0.6) is 0 Å². The number of benzene rings is 1. The number of carbonyl (C=O) groups excluding carboxylic acids is 2.